The van der Waals surface area contributed by atoms with Gasteiger partial charge in [-0.15, -0.1) is 0 Å². The minimum absolute atomic E-state index is 0.235. The second-order valence-corrected chi connectivity index (χ2v) is 8.50. The monoisotopic (exact) mass is 438 g/mol. The van der Waals surface area contributed by atoms with Crippen molar-refractivity contribution in [3.63, 3.8) is 0 Å². The van der Waals surface area contributed by atoms with E-state index in [0.717, 1.165) is 51.0 Å². The molecule has 1 saturated heterocycles. The highest BCUT2D eigenvalue weighted by Crippen LogP contribution is 2.18. The molecule has 1 aliphatic rings. The average Bonchev–Trinajstić information content (AvgIpc) is 3.13. The maximum Gasteiger partial charge on any atom is 0.328 e. The minimum atomic E-state index is -0.235. The van der Waals surface area contributed by atoms with Gasteiger partial charge in [-0.3, -0.25) is 4.57 Å². The van der Waals surface area contributed by atoms with Crippen LogP contribution in [-0.4, -0.2) is 45.2 Å². The van der Waals surface area contributed by atoms with Crippen LogP contribution in [-0.2, 0) is 13.1 Å². The van der Waals surface area contributed by atoms with Crippen LogP contribution in [0.1, 0.15) is 50.2 Å². The van der Waals surface area contributed by atoms with Crippen LogP contribution in [0.15, 0.2) is 29.1 Å². The third-order valence-corrected chi connectivity index (χ3v) is 6.01. The molecule has 3 heterocycles. The van der Waals surface area contributed by atoms with Crippen molar-refractivity contribution < 1.29 is 0 Å². The summed E-state index contributed by atoms with van der Waals surface area (Å²) in [5, 5.41) is 10.2. The molecule has 1 fully saturated rings. The Bertz CT molecular complexity index is 1070. The van der Waals surface area contributed by atoms with Crippen molar-refractivity contribution in [1.29, 1.82) is 0 Å². The van der Waals surface area contributed by atoms with Crippen LogP contribution in [0.25, 0.3) is 11.2 Å². The average molecular weight is 439 g/mol. The van der Waals surface area contributed by atoms with Crippen molar-refractivity contribution in [3.05, 3.63) is 45.9 Å². The fraction of sp³-hybridized carbons (Fsp3) is 0.522. The van der Waals surface area contributed by atoms with Gasteiger partial charge in [0.15, 0.2) is 11.5 Å². The van der Waals surface area contributed by atoms with Crippen LogP contribution in [0.2, 0.25) is 0 Å². The molecule has 0 unspecified atom stereocenters. The molecule has 4 rings (SSSR count). The molecule has 0 spiro atoms. The number of imidazole rings is 1. The lowest BCUT2D eigenvalue weighted by Crippen LogP contribution is -2.39. The molecule has 2 aromatic heterocycles. The SMILES string of the molecule is CCCCCNc1nc(N)c2[nH]c(=O)n(Cc3ccc(CNC4CCNCC4)cc3)c2n1. The van der Waals surface area contributed by atoms with E-state index < -0.39 is 0 Å². The molecule has 6 N–H and O–H groups in total. The smallest absolute Gasteiger partial charge is 0.328 e. The molecule has 0 amide bonds. The number of nitrogens with one attached hydrogen (secondary N) is 4. The molecule has 32 heavy (non-hydrogen) atoms. The maximum atomic E-state index is 12.6. The zero-order chi connectivity index (χ0) is 22.3. The van der Waals surface area contributed by atoms with Crippen LogP contribution in [0.3, 0.4) is 0 Å². The van der Waals surface area contributed by atoms with Gasteiger partial charge in [0.1, 0.15) is 5.52 Å². The summed E-state index contributed by atoms with van der Waals surface area (Å²) in [6, 6.07) is 8.95. The number of unbranched alkanes of at least 4 members (excludes halogenated alkanes) is 2. The molecule has 0 radical (unpaired) electrons. The van der Waals surface area contributed by atoms with Gasteiger partial charge in [-0.2, -0.15) is 9.97 Å². The van der Waals surface area contributed by atoms with Crippen LogP contribution in [0, 0.1) is 0 Å². The van der Waals surface area contributed by atoms with E-state index in [-0.39, 0.29) is 11.5 Å². The van der Waals surface area contributed by atoms with Crippen LogP contribution >= 0.6 is 0 Å². The van der Waals surface area contributed by atoms with Gasteiger partial charge in [-0.1, -0.05) is 44.0 Å². The number of hydrogen-bond donors (Lipinski definition) is 5. The Morgan fingerprint density at radius 3 is 2.62 bits per heavy atom. The van der Waals surface area contributed by atoms with Crippen LogP contribution in [0.5, 0.6) is 0 Å². The summed E-state index contributed by atoms with van der Waals surface area (Å²) in [6.07, 6.45) is 5.66. The van der Waals surface area contributed by atoms with E-state index in [1.54, 1.807) is 4.57 Å². The zero-order valence-electron chi connectivity index (χ0n) is 18.8. The van der Waals surface area contributed by atoms with Gasteiger partial charge in [0.2, 0.25) is 5.95 Å². The van der Waals surface area contributed by atoms with E-state index in [2.05, 4.69) is 62.1 Å². The Kier molecular flexibility index (Phi) is 7.39. The molecule has 172 valence electrons. The topological polar surface area (TPSA) is 126 Å². The number of piperidine rings is 1. The van der Waals surface area contributed by atoms with Crippen molar-refractivity contribution in [2.24, 2.45) is 0 Å². The van der Waals surface area contributed by atoms with Crippen LogP contribution in [0.4, 0.5) is 11.8 Å². The number of aromatic nitrogens is 4. The normalized spacial score (nSPS) is 14.8. The lowest BCUT2D eigenvalue weighted by atomic mass is 10.1. The molecule has 0 bridgehead atoms. The second kappa shape index (κ2) is 10.6. The molecule has 0 saturated carbocycles. The zero-order valence-corrected chi connectivity index (χ0v) is 18.8. The molecule has 1 aliphatic heterocycles. The molecule has 9 nitrogen and oxygen atoms in total. The quantitative estimate of drug-likeness (QED) is 0.307. The number of H-pyrrole nitrogens is 1. The molecule has 0 atom stereocenters. The first-order valence-electron chi connectivity index (χ1n) is 11.7. The molecule has 3 aromatic rings. The third-order valence-electron chi connectivity index (χ3n) is 6.01. The van der Waals surface area contributed by atoms with Gasteiger partial charge in [0.25, 0.3) is 0 Å². The predicted octanol–water partition coefficient (Wildman–Crippen LogP) is 2.19. The number of anilines is 2. The van der Waals surface area contributed by atoms with Gasteiger partial charge in [0.05, 0.1) is 6.54 Å². The van der Waals surface area contributed by atoms with E-state index in [9.17, 15) is 4.79 Å². The van der Waals surface area contributed by atoms with Gasteiger partial charge >= 0.3 is 5.69 Å². The number of aromatic amines is 1. The molecular formula is C23H34N8O. The third kappa shape index (κ3) is 5.46. The van der Waals surface area contributed by atoms with Gasteiger partial charge in [-0.05, 0) is 43.5 Å². The summed E-state index contributed by atoms with van der Waals surface area (Å²) in [5.41, 5.74) is 9.14. The van der Waals surface area contributed by atoms with E-state index in [1.165, 1.54) is 18.4 Å². The highest BCUT2D eigenvalue weighted by atomic mass is 16.1. The van der Waals surface area contributed by atoms with E-state index in [0.29, 0.717) is 29.7 Å². The predicted molar refractivity (Wildman–Crippen MR) is 129 cm³/mol. The fourth-order valence-corrected chi connectivity index (χ4v) is 4.09. The Morgan fingerprint density at radius 2 is 1.88 bits per heavy atom. The first-order chi connectivity index (χ1) is 15.6. The summed E-state index contributed by atoms with van der Waals surface area (Å²) in [7, 11) is 0. The highest BCUT2D eigenvalue weighted by Gasteiger charge is 2.15. The summed E-state index contributed by atoms with van der Waals surface area (Å²) in [4.78, 5) is 24.3. The number of benzene rings is 1. The molecule has 0 aliphatic carbocycles. The highest BCUT2D eigenvalue weighted by molar-refractivity contribution is 5.82. The summed E-state index contributed by atoms with van der Waals surface area (Å²) in [5.74, 6) is 0.737. The van der Waals surface area contributed by atoms with Gasteiger partial charge in [0, 0.05) is 19.1 Å². The Labute approximate surface area is 188 Å². The summed E-state index contributed by atoms with van der Waals surface area (Å²) < 4.78 is 1.62. The number of nitrogens with zero attached hydrogens (tertiary/aromatic N) is 3. The first-order valence-corrected chi connectivity index (χ1v) is 11.7. The van der Waals surface area contributed by atoms with Crippen molar-refractivity contribution >= 4 is 22.9 Å². The maximum absolute atomic E-state index is 12.6. The van der Waals surface area contributed by atoms with Gasteiger partial charge < -0.3 is 26.7 Å². The standard InChI is InChI=1S/C23H34N8O/c1-2-3-4-11-26-22-29-20(24)19-21(30-22)31(23(32)28-19)15-17-7-5-16(6-8-17)14-27-18-9-12-25-13-10-18/h5-8,18,25,27H,2-4,9-15H2,1H3,(H,28,32)(H3,24,26,29,30). The van der Waals surface area contributed by atoms with Crippen molar-refractivity contribution in [2.75, 3.05) is 30.7 Å². The lowest BCUT2D eigenvalue weighted by molar-refractivity contribution is 0.386. The number of rotatable bonds is 10. The largest absolute Gasteiger partial charge is 0.382 e. The van der Waals surface area contributed by atoms with E-state index in [4.69, 9.17) is 5.73 Å². The summed E-state index contributed by atoms with van der Waals surface area (Å²) >= 11 is 0. The first kappa shape index (κ1) is 22.3. The van der Waals surface area contributed by atoms with Crippen molar-refractivity contribution in [1.82, 2.24) is 30.2 Å². The number of fused-ring (bicyclic) bond motifs is 1. The Hall–Kier alpha value is -2.91. The lowest BCUT2D eigenvalue weighted by Gasteiger charge is -2.23. The number of nitrogen functional groups attached to an aromatic ring is 1. The van der Waals surface area contributed by atoms with Crippen molar-refractivity contribution in [2.45, 2.75) is 58.2 Å². The van der Waals surface area contributed by atoms with E-state index in [1.807, 2.05) is 0 Å². The van der Waals surface area contributed by atoms with Crippen molar-refractivity contribution in [3.8, 4) is 0 Å². The molecule has 1 aromatic carbocycles. The second-order valence-electron chi connectivity index (χ2n) is 8.50. The molecule has 9 heteroatoms. The van der Waals surface area contributed by atoms with E-state index >= 15 is 0 Å². The minimum Gasteiger partial charge on any atom is -0.382 e. The fourth-order valence-electron chi connectivity index (χ4n) is 4.09. The van der Waals surface area contributed by atoms with Crippen LogP contribution < -0.4 is 27.4 Å². The molecular weight excluding hydrogens is 404 g/mol. The number of hydrogen-bond acceptors (Lipinski definition) is 7. The van der Waals surface area contributed by atoms with Gasteiger partial charge in [-0.25, -0.2) is 4.79 Å². The summed E-state index contributed by atoms with van der Waals surface area (Å²) in [6.45, 7) is 6.39. The Morgan fingerprint density at radius 1 is 1.12 bits per heavy atom. The number of nitrogens with two attached hydrogens (primary N) is 1. The Balaban J connectivity index is 1.45.